The minimum atomic E-state index is -0.947. The van der Waals surface area contributed by atoms with Crippen molar-refractivity contribution in [1.82, 2.24) is 0 Å². The van der Waals surface area contributed by atoms with Crippen LogP contribution in [0.1, 0.15) is 111 Å². The van der Waals surface area contributed by atoms with E-state index >= 15 is 0 Å². The summed E-state index contributed by atoms with van der Waals surface area (Å²) in [6.07, 6.45) is -6.57. The molecule has 2 N–H and O–H groups in total. The monoisotopic (exact) mass is 1140 g/mol. The molecule has 426 valence electrons. The Labute approximate surface area is 460 Å². The molecule has 2 amide bonds. The van der Waals surface area contributed by atoms with Crippen molar-refractivity contribution < 1.29 is 84.9 Å². The number of carbonyl (C=O) groups excluding carboxylic acids is 2. The minimum Gasteiger partial charge on any atom is -0.416 e. The van der Waals surface area contributed by atoms with Gasteiger partial charge in [-0.2, -0.15) is 0 Å². The number of hydrogen-bond acceptors (Lipinski definition) is 18. The molecule has 0 bridgehead atoms. The molecule has 5 fully saturated rings. The van der Waals surface area contributed by atoms with Gasteiger partial charge >= 0.3 is 33.3 Å². The molecule has 5 saturated heterocycles. The fourth-order valence-corrected chi connectivity index (χ4v) is 9.05. The zero-order valence-corrected chi connectivity index (χ0v) is 49.9. The molecular formula is C52H84B3BrN2O18. The van der Waals surface area contributed by atoms with Crippen LogP contribution >= 0.6 is 15.9 Å². The van der Waals surface area contributed by atoms with Gasteiger partial charge in [0.1, 0.15) is 36.6 Å². The van der Waals surface area contributed by atoms with Crippen LogP contribution in [-0.2, 0) is 75.3 Å². The second kappa shape index (κ2) is 26.1. The van der Waals surface area contributed by atoms with E-state index in [0.29, 0.717) is 24.6 Å². The zero-order chi connectivity index (χ0) is 56.8. The third kappa shape index (κ3) is 15.1. The summed E-state index contributed by atoms with van der Waals surface area (Å²) in [7, 11) is 4.79. The predicted octanol–water partition coefficient (Wildman–Crippen LogP) is 8.14. The summed E-state index contributed by atoms with van der Waals surface area (Å²) in [5, 5.41) is 5.38. The van der Waals surface area contributed by atoms with E-state index in [1.54, 1.807) is 38.5 Å². The molecule has 2 aromatic rings. The van der Waals surface area contributed by atoms with Gasteiger partial charge in [-0.1, -0.05) is 28.1 Å². The number of ether oxygens (including phenoxy) is 10. The molecular weight excluding hydrogens is 1050 g/mol. The Hall–Kier alpha value is -2.91. The molecule has 0 unspecified atom stereocenters. The maximum absolute atomic E-state index is 12.6. The summed E-state index contributed by atoms with van der Waals surface area (Å²) in [5.41, 5.74) is -0.244. The standard InChI is InChI=1S/C23H36BNO8.C17H24BrNO6.C12H24B2O4/c1-9-29-18-17(27-7)14(2)30-20(19(18)28-8)31-21(26)25-16-12-10-15(11-13-16)24-32-22(3,4)23(5,6)33-24;1-5-23-14-13(21-3)10(2)24-16(15(14)22-4)25-17(20)19-12-8-6-11(18)7-9-12;1-9(2)10(3,4)16-13(15-9)14-17-11(5,6)12(7,8)18-14/h10-14,17-20H,9H2,1-8H3,(H,25,26);6-10,13-16H,5H2,1-4H3,(H,19,20);1-8H3/t14-,17-,18+,19+,20-;10-,13-,14+,15+,16-;/m00./s1. The van der Waals surface area contributed by atoms with E-state index in [1.807, 2.05) is 135 Å². The first kappa shape index (κ1) is 63.9. The van der Waals surface area contributed by atoms with E-state index in [1.165, 1.54) is 14.2 Å². The van der Waals surface area contributed by atoms with Gasteiger partial charge in [0.2, 0.25) is 12.6 Å². The predicted molar refractivity (Wildman–Crippen MR) is 291 cm³/mol. The van der Waals surface area contributed by atoms with Gasteiger partial charge in [0, 0.05) is 57.5 Å². The Balaban J connectivity index is 0.000000220. The lowest BCUT2D eigenvalue weighted by Crippen LogP contribution is -2.60. The first-order valence-electron chi connectivity index (χ1n) is 25.9. The van der Waals surface area contributed by atoms with Crippen molar-refractivity contribution in [2.24, 2.45) is 0 Å². The molecule has 20 nitrogen and oxygen atoms in total. The van der Waals surface area contributed by atoms with E-state index < -0.39 is 81.5 Å². The third-order valence-corrected chi connectivity index (χ3v) is 15.8. The highest BCUT2D eigenvalue weighted by Crippen LogP contribution is 2.43. The van der Waals surface area contributed by atoms with Crippen molar-refractivity contribution in [3.63, 3.8) is 0 Å². The smallest absolute Gasteiger partial charge is 0.416 e. The van der Waals surface area contributed by atoms with Gasteiger partial charge in [0.25, 0.3) is 0 Å². The topological polar surface area (TPSA) is 206 Å². The van der Waals surface area contributed by atoms with Crippen LogP contribution in [0, 0.1) is 0 Å². The molecule has 5 aliphatic heterocycles. The fraction of sp³-hybridized carbons (Fsp3) is 0.731. The quantitative estimate of drug-likeness (QED) is 0.171. The summed E-state index contributed by atoms with van der Waals surface area (Å²) >= 11 is 3.34. The van der Waals surface area contributed by atoms with Crippen LogP contribution < -0.4 is 16.1 Å². The Morgan fingerprint density at radius 2 is 0.789 bits per heavy atom. The molecule has 76 heavy (non-hydrogen) atoms. The van der Waals surface area contributed by atoms with Crippen molar-refractivity contribution >= 4 is 66.1 Å². The summed E-state index contributed by atoms with van der Waals surface area (Å²) < 4.78 is 93.1. The van der Waals surface area contributed by atoms with Crippen LogP contribution in [-0.4, -0.2) is 170 Å². The number of anilines is 2. The first-order chi connectivity index (χ1) is 35.4. The van der Waals surface area contributed by atoms with E-state index in [-0.39, 0.29) is 46.8 Å². The van der Waals surface area contributed by atoms with Crippen LogP contribution in [0.15, 0.2) is 53.0 Å². The molecule has 0 radical (unpaired) electrons. The SMILES string of the molecule is CC1(C)OB(B2OC(C)(C)C(C)(C)O2)OC1(C)C.CCO[C@@H]1[C@@H](OC)[C@H](C)O[C@@H](OC(=O)Nc2ccc(B3OC(C)(C)C(C)(C)O3)cc2)[C@@H]1OC.CCO[C@@H]1[C@@H](OC)[C@H](C)O[C@@H](OC(=O)Nc2ccc(Br)cc2)[C@@H]1OC. The van der Waals surface area contributed by atoms with E-state index in [0.717, 1.165) is 9.94 Å². The van der Waals surface area contributed by atoms with Crippen LogP contribution in [0.3, 0.4) is 0 Å². The lowest BCUT2D eigenvalue weighted by atomic mass is 9.49. The van der Waals surface area contributed by atoms with E-state index in [9.17, 15) is 9.59 Å². The van der Waals surface area contributed by atoms with Crippen LogP contribution in [0.2, 0.25) is 0 Å². The Bertz CT molecular complexity index is 2090. The summed E-state index contributed by atoms with van der Waals surface area (Å²) in [6, 6.07) is 14.4. The number of amides is 2. The molecule has 0 spiro atoms. The van der Waals surface area contributed by atoms with Crippen LogP contribution in [0.4, 0.5) is 21.0 Å². The maximum Gasteiger partial charge on any atom is 0.494 e. The molecule has 0 saturated carbocycles. The number of methoxy groups -OCH3 is 4. The maximum atomic E-state index is 12.6. The van der Waals surface area contributed by atoms with Crippen molar-refractivity contribution in [3.05, 3.63) is 53.0 Å². The average Bonchev–Trinajstić information content (AvgIpc) is 3.80. The normalized spacial score (nSPS) is 30.6. The van der Waals surface area contributed by atoms with Crippen molar-refractivity contribution in [2.45, 2.75) is 206 Å². The fourth-order valence-electron chi connectivity index (χ4n) is 8.79. The van der Waals surface area contributed by atoms with Crippen molar-refractivity contribution in [3.8, 4) is 0 Å². The number of hydrogen-bond donors (Lipinski definition) is 2. The molecule has 5 aliphatic rings. The number of nitrogens with one attached hydrogen (secondary N) is 2. The van der Waals surface area contributed by atoms with Crippen molar-refractivity contribution in [2.75, 3.05) is 52.3 Å². The molecule has 5 heterocycles. The summed E-state index contributed by atoms with van der Waals surface area (Å²) in [4.78, 5) is 24.8. The van der Waals surface area contributed by atoms with Gasteiger partial charge in [-0.15, -0.1) is 0 Å². The highest BCUT2D eigenvalue weighted by atomic mass is 79.9. The lowest BCUT2D eigenvalue weighted by molar-refractivity contribution is -0.292. The van der Waals surface area contributed by atoms with Gasteiger partial charge in [0.05, 0.1) is 45.8 Å². The molecule has 7 rings (SSSR count). The van der Waals surface area contributed by atoms with Gasteiger partial charge < -0.3 is 75.3 Å². The molecule has 2 aromatic carbocycles. The summed E-state index contributed by atoms with van der Waals surface area (Å²) in [5.74, 6) is 0. The molecule has 0 aliphatic carbocycles. The lowest BCUT2D eigenvalue weighted by Gasteiger charge is -2.43. The van der Waals surface area contributed by atoms with Gasteiger partial charge in [-0.25, -0.2) is 9.59 Å². The minimum absolute atomic E-state index is 0.320. The largest absolute Gasteiger partial charge is 0.494 e. The molecule has 10 atom stereocenters. The van der Waals surface area contributed by atoms with Gasteiger partial charge in [0.15, 0.2) is 0 Å². The second-order valence-corrected chi connectivity index (χ2v) is 23.0. The Morgan fingerprint density at radius 1 is 0.487 bits per heavy atom. The van der Waals surface area contributed by atoms with Gasteiger partial charge in [-0.05, 0) is 153 Å². The number of benzene rings is 2. The van der Waals surface area contributed by atoms with Crippen molar-refractivity contribution in [1.29, 1.82) is 0 Å². The van der Waals surface area contributed by atoms with E-state index in [2.05, 4.69) is 26.6 Å². The van der Waals surface area contributed by atoms with Crippen LogP contribution in [0.25, 0.3) is 0 Å². The zero-order valence-electron chi connectivity index (χ0n) is 48.3. The Kier molecular flexibility index (Phi) is 22.0. The second-order valence-electron chi connectivity index (χ2n) is 22.1. The highest BCUT2D eigenvalue weighted by molar-refractivity contribution is 9.10. The van der Waals surface area contributed by atoms with E-state index in [4.69, 9.17) is 75.3 Å². The average molecular weight is 1140 g/mol. The third-order valence-electron chi connectivity index (χ3n) is 15.2. The molecule has 0 aromatic heterocycles. The van der Waals surface area contributed by atoms with Crippen LogP contribution in [0.5, 0.6) is 0 Å². The van der Waals surface area contributed by atoms with Gasteiger partial charge in [-0.3, -0.25) is 10.6 Å². The molecule has 24 heteroatoms. The first-order valence-corrected chi connectivity index (χ1v) is 26.7. The number of halogens is 1. The number of rotatable bonds is 14. The highest BCUT2D eigenvalue weighted by Gasteiger charge is 2.64. The number of carbonyl (C=O) groups is 2. The Morgan fingerprint density at radius 3 is 1.09 bits per heavy atom. The summed E-state index contributed by atoms with van der Waals surface area (Å²) in [6.45, 7) is 32.6.